The molecule has 0 aromatic rings. The van der Waals surface area contributed by atoms with E-state index in [-0.39, 0.29) is 5.92 Å². The van der Waals surface area contributed by atoms with Crippen LogP contribution in [-0.2, 0) is 9.59 Å². The van der Waals surface area contributed by atoms with E-state index >= 15 is 0 Å². The van der Waals surface area contributed by atoms with Crippen molar-refractivity contribution in [1.29, 1.82) is 0 Å². The van der Waals surface area contributed by atoms with Gasteiger partial charge in [0.25, 0.3) is 0 Å². The number of primary amides is 1. The molecule has 0 bridgehead atoms. The Bertz CT molecular complexity index is 280. The Balaban J connectivity index is 2.76. The van der Waals surface area contributed by atoms with E-state index in [1.165, 1.54) is 4.90 Å². The maximum absolute atomic E-state index is 11.4. The normalized spacial score (nSPS) is 25.3. The Morgan fingerprint density at radius 2 is 2.20 bits per heavy atom. The minimum absolute atomic E-state index is 0.109. The Morgan fingerprint density at radius 3 is 2.67 bits per heavy atom. The number of rotatable bonds is 4. The zero-order valence-electron chi connectivity index (χ0n) is 8.68. The molecule has 1 saturated heterocycles. The Labute approximate surface area is 87.8 Å². The summed E-state index contributed by atoms with van der Waals surface area (Å²) >= 11 is 0. The van der Waals surface area contributed by atoms with Crippen LogP contribution in [-0.4, -0.2) is 35.8 Å². The lowest BCUT2D eigenvalue weighted by atomic mass is 9.97. The number of hydrogen-bond donors (Lipinski definition) is 1. The van der Waals surface area contributed by atoms with Crippen LogP contribution in [0, 0.1) is 10.8 Å². The van der Waals surface area contributed by atoms with Gasteiger partial charge in [-0.15, -0.1) is 0 Å². The topological polar surface area (TPSA) is 92.8 Å². The van der Waals surface area contributed by atoms with Crippen molar-refractivity contribution >= 4 is 11.8 Å². The van der Waals surface area contributed by atoms with E-state index in [0.717, 1.165) is 12.8 Å². The highest BCUT2D eigenvalue weighted by atomic mass is 16.3. The van der Waals surface area contributed by atoms with E-state index in [9.17, 15) is 14.5 Å². The van der Waals surface area contributed by atoms with Gasteiger partial charge in [-0.05, 0) is 12.3 Å². The molecule has 2 amide bonds. The molecule has 0 saturated carbocycles. The average molecular weight is 213 g/mol. The highest BCUT2D eigenvalue weighted by molar-refractivity contribution is 5.88. The maximum atomic E-state index is 11.4. The van der Waals surface area contributed by atoms with Gasteiger partial charge in [0, 0.05) is 6.54 Å². The molecular weight excluding hydrogens is 198 g/mol. The minimum atomic E-state index is -0.566. The molecule has 0 aromatic heterocycles. The number of carbonyl (C=O) groups excluding carboxylic acids is 2. The maximum Gasteiger partial charge on any atom is 0.248 e. The van der Waals surface area contributed by atoms with Gasteiger partial charge in [0.2, 0.25) is 11.8 Å². The summed E-state index contributed by atoms with van der Waals surface area (Å²) in [4.78, 5) is 34.0. The molecule has 6 heteroatoms. The fourth-order valence-corrected chi connectivity index (χ4v) is 2.10. The van der Waals surface area contributed by atoms with Gasteiger partial charge in [-0.3, -0.25) is 9.59 Å². The van der Waals surface area contributed by atoms with Gasteiger partial charge in [-0.1, -0.05) is 18.5 Å². The molecule has 0 aromatic carbocycles. The van der Waals surface area contributed by atoms with Crippen LogP contribution in [0.3, 0.4) is 0 Å². The van der Waals surface area contributed by atoms with Gasteiger partial charge in [-0.25, -0.2) is 0 Å². The van der Waals surface area contributed by atoms with Crippen molar-refractivity contribution in [2.75, 3.05) is 13.1 Å². The summed E-state index contributed by atoms with van der Waals surface area (Å²) < 4.78 is 0. The number of likely N-dealkylation sites (tertiary alicyclic amines) is 1. The van der Waals surface area contributed by atoms with Crippen LogP contribution in [0.5, 0.6) is 0 Å². The van der Waals surface area contributed by atoms with Crippen molar-refractivity contribution in [1.82, 2.24) is 4.90 Å². The van der Waals surface area contributed by atoms with E-state index < -0.39 is 24.4 Å². The van der Waals surface area contributed by atoms with Crippen LogP contribution in [0.1, 0.15) is 19.8 Å². The summed E-state index contributed by atoms with van der Waals surface area (Å²) in [5, 5.41) is 2.53. The minimum Gasteiger partial charge on any atom is -0.368 e. The summed E-state index contributed by atoms with van der Waals surface area (Å²) in [7, 11) is 0. The Kier molecular flexibility index (Phi) is 3.76. The van der Waals surface area contributed by atoms with Crippen LogP contribution in [0.15, 0.2) is 5.18 Å². The van der Waals surface area contributed by atoms with Crippen molar-refractivity contribution in [2.24, 2.45) is 16.8 Å². The van der Waals surface area contributed by atoms with E-state index in [2.05, 4.69) is 5.18 Å². The molecule has 0 spiro atoms. The first kappa shape index (κ1) is 11.6. The SMILES string of the molecule is CC[C@@H]1CCN(C(=O)CN=O)[C@@H]1C(N)=O. The quantitative estimate of drug-likeness (QED) is 0.659. The highest BCUT2D eigenvalue weighted by Crippen LogP contribution is 2.26. The Morgan fingerprint density at radius 1 is 1.53 bits per heavy atom. The Hall–Kier alpha value is -1.46. The van der Waals surface area contributed by atoms with Gasteiger partial charge >= 0.3 is 0 Å². The lowest BCUT2D eigenvalue weighted by molar-refractivity contribution is -0.137. The molecule has 1 heterocycles. The molecular formula is C9H15N3O3. The third-order valence-electron chi connectivity index (χ3n) is 2.86. The standard InChI is InChI=1S/C9H15N3O3/c1-2-6-3-4-12(7(13)5-11-15)8(6)9(10)14/h6,8H,2-5H2,1H3,(H2,10,14)/t6-,8+/m1/s1. The zero-order valence-corrected chi connectivity index (χ0v) is 8.68. The molecule has 84 valence electrons. The first-order valence-corrected chi connectivity index (χ1v) is 4.99. The summed E-state index contributed by atoms with van der Waals surface area (Å²) in [5.74, 6) is -0.804. The van der Waals surface area contributed by atoms with Gasteiger partial charge in [-0.2, -0.15) is 4.91 Å². The predicted octanol–water partition coefficient (Wildman–Crippen LogP) is -0.135. The van der Waals surface area contributed by atoms with Gasteiger partial charge < -0.3 is 10.6 Å². The highest BCUT2D eigenvalue weighted by Gasteiger charge is 2.39. The molecule has 1 fully saturated rings. The van der Waals surface area contributed by atoms with Gasteiger partial charge in [0.15, 0.2) is 6.54 Å². The molecule has 0 aliphatic carbocycles. The second-order valence-electron chi connectivity index (χ2n) is 3.68. The predicted molar refractivity (Wildman–Crippen MR) is 53.8 cm³/mol. The lowest BCUT2D eigenvalue weighted by Crippen LogP contribution is -2.47. The number of amides is 2. The van der Waals surface area contributed by atoms with Crippen LogP contribution >= 0.6 is 0 Å². The summed E-state index contributed by atoms with van der Waals surface area (Å²) in [6.07, 6.45) is 1.56. The first-order chi connectivity index (χ1) is 7.11. The smallest absolute Gasteiger partial charge is 0.248 e. The number of carbonyl (C=O) groups is 2. The summed E-state index contributed by atoms with van der Waals surface area (Å²) in [5.41, 5.74) is 5.25. The molecule has 1 aliphatic rings. The van der Waals surface area contributed by atoms with E-state index in [4.69, 9.17) is 5.73 Å². The number of nitroso groups, excluding NO2 is 1. The number of nitrogens with two attached hydrogens (primary N) is 1. The van der Waals surface area contributed by atoms with E-state index in [1.807, 2.05) is 6.92 Å². The molecule has 6 nitrogen and oxygen atoms in total. The van der Waals surface area contributed by atoms with Gasteiger partial charge in [0.05, 0.1) is 0 Å². The molecule has 1 rings (SSSR count). The average Bonchev–Trinajstić information content (AvgIpc) is 2.61. The van der Waals surface area contributed by atoms with Crippen molar-refractivity contribution in [2.45, 2.75) is 25.8 Å². The first-order valence-electron chi connectivity index (χ1n) is 4.99. The van der Waals surface area contributed by atoms with Crippen LogP contribution < -0.4 is 5.73 Å². The number of nitrogens with zero attached hydrogens (tertiary/aromatic N) is 2. The zero-order chi connectivity index (χ0) is 11.4. The monoisotopic (exact) mass is 213 g/mol. The third kappa shape index (κ3) is 2.31. The molecule has 2 atom stereocenters. The largest absolute Gasteiger partial charge is 0.368 e. The molecule has 1 aliphatic heterocycles. The van der Waals surface area contributed by atoms with Crippen molar-refractivity contribution in [3.63, 3.8) is 0 Å². The van der Waals surface area contributed by atoms with Crippen molar-refractivity contribution < 1.29 is 9.59 Å². The second-order valence-corrected chi connectivity index (χ2v) is 3.68. The number of hydrogen-bond acceptors (Lipinski definition) is 4. The second kappa shape index (κ2) is 4.86. The van der Waals surface area contributed by atoms with E-state index in [0.29, 0.717) is 6.54 Å². The molecule has 0 unspecified atom stereocenters. The lowest BCUT2D eigenvalue weighted by Gasteiger charge is -2.24. The van der Waals surface area contributed by atoms with Crippen molar-refractivity contribution in [3.8, 4) is 0 Å². The van der Waals surface area contributed by atoms with Crippen molar-refractivity contribution in [3.05, 3.63) is 4.91 Å². The van der Waals surface area contributed by atoms with Crippen LogP contribution in [0.2, 0.25) is 0 Å². The fourth-order valence-electron chi connectivity index (χ4n) is 2.10. The fraction of sp³-hybridized carbons (Fsp3) is 0.778. The molecule has 15 heavy (non-hydrogen) atoms. The molecule has 0 radical (unpaired) electrons. The van der Waals surface area contributed by atoms with Crippen LogP contribution in [0.25, 0.3) is 0 Å². The van der Waals surface area contributed by atoms with Gasteiger partial charge in [0.1, 0.15) is 6.04 Å². The van der Waals surface area contributed by atoms with Crippen LogP contribution in [0.4, 0.5) is 0 Å². The van der Waals surface area contributed by atoms with E-state index in [1.54, 1.807) is 0 Å². The third-order valence-corrected chi connectivity index (χ3v) is 2.86. The summed E-state index contributed by atoms with van der Waals surface area (Å²) in [6, 6.07) is -0.566. The molecule has 2 N–H and O–H groups in total. The summed E-state index contributed by atoms with van der Waals surface area (Å²) in [6.45, 7) is 2.02.